The van der Waals surface area contributed by atoms with E-state index in [2.05, 4.69) is 28.2 Å². The van der Waals surface area contributed by atoms with Crippen molar-refractivity contribution in [3.8, 4) is 5.69 Å². The molecule has 3 heterocycles. The monoisotopic (exact) mass is 366 g/mol. The summed E-state index contributed by atoms with van der Waals surface area (Å²) in [4.78, 5) is 6.68. The average Bonchev–Trinajstić information content (AvgIpc) is 3.26. The van der Waals surface area contributed by atoms with E-state index in [4.69, 9.17) is 12.2 Å². The molecule has 1 aromatic carbocycles. The van der Waals surface area contributed by atoms with Crippen molar-refractivity contribution in [3.05, 3.63) is 84.2 Å². The Morgan fingerprint density at radius 1 is 1.15 bits per heavy atom. The van der Waals surface area contributed by atoms with Crippen LogP contribution in [0.5, 0.6) is 0 Å². The van der Waals surface area contributed by atoms with Gasteiger partial charge in [0.15, 0.2) is 5.11 Å². The van der Waals surface area contributed by atoms with Crippen LogP contribution in [0.15, 0.2) is 67.0 Å². The van der Waals surface area contributed by atoms with E-state index in [1.54, 1.807) is 12.3 Å². The first kappa shape index (κ1) is 16.7. The molecule has 3 aromatic rings. The van der Waals surface area contributed by atoms with Crippen LogP contribution in [-0.2, 0) is 0 Å². The van der Waals surface area contributed by atoms with Gasteiger partial charge >= 0.3 is 0 Å². The maximum atomic E-state index is 13.7. The lowest BCUT2D eigenvalue weighted by Gasteiger charge is -2.27. The number of nitrogens with zero attached hydrogens (tertiary/aromatic N) is 3. The smallest absolute Gasteiger partial charge is 0.170 e. The van der Waals surface area contributed by atoms with Crippen molar-refractivity contribution in [2.45, 2.75) is 19.0 Å². The van der Waals surface area contributed by atoms with E-state index in [0.29, 0.717) is 5.11 Å². The van der Waals surface area contributed by atoms with Gasteiger partial charge in [0.1, 0.15) is 5.82 Å². The van der Waals surface area contributed by atoms with Gasteiger partial charge in [-0.2, -0.15) is 0 Å². The van der Waals surface area contributed by atoms with Crippen LogP contribution in [0.25, 0.3) is 5.69 Å². The molecule has 132 valence electrons. The minimum atomic E-state index is -0.254. The molecular weight excluding hydrogens is 347 g/mol. The Labute approximate surface area is 157 Å². The summed E-state index contributed by atoms with van der Waals surface area (Å²) in [5.41, 5.74) is 2.77. The van der Waals surface area contributed by atoms with Gasteiger partial charge in [0.05, 0.1) is 17.8 Å². The molecule has 0 saturated carbocycles. The predicted molar refractivity (Wildman–Crippen MR) is 104 cm³/mol. The molecule has 1 saturated heterocycles. The molecule has 0 bridgehead atoms. The molecule has 1 N–H and O–H groups in total. The van der Waals surface area contributed by atoms with Crippen molar-refractivity contribution in [3.63, 3.8) is 0 Å². The Morgan fingerprint density at radius 3 is 2.77 bits per heavy atom. The molecule has 0 aliphatic carbocycles. The number of hydrogen-bond donors (Lipinski definition) is 1. The summed E-state index contributed by atoms with van der Waals surface area (Å²) in [6.45, 7) is 2.85. The van der Waals surface area contributed by atoms with Gasteiger partial charge in [-0.05, 0) is 61.6 Å². The second-order valence-corrected chi connectivity index (χ2v) is 6.58. The van der Waals surface area contributed by atoms with Gasteiger partial charge in [0.2, 0.25) is 0 Å². The van der Waals surface area contributed by atoms with Crippen molar-refractivity contribution in [2.24, 2.45) is 0 Å². The third-order valence-corrected chi connectivity index (χ3v) is 5.06. The molecule has 4 nitrogen and oxygen atoms in total. The Balaban J connectivity index is 1.82. The molecule has 4 rings (SSSR count). The fourth-order valence-corrected chi connectivity index (χ4v) is 3.93. The number of nitrogens with one attached hydrogen (secondary N) is 1. The number of benzene rings is 1. The van der Waals surface area contributed by atoms with Crippen LogP contribution in [0, 0.1) is 5.82 Å². The number of pyridine rings is 1. The lowest BCUT2D eigenvalue weighted by Crippen LogP contribution is -2.30. The summed E-state index contributed by atoms with van der Waals surface area (Å²) in [6.07, 6.45) is 3.74. The van der Waals surface area contributed by atoms with Crippen LogP contribution in [0.2, 0.25) is 0 Å². The van der Waals surface area contributed by atoms with E-state index >= 15 is 0 Å². The highest BCUT2D eigenvalue weighted by Gasteiger charge is 2.40. The van der Waals surface area contributed by atoms with E-state index in [1.165, 1.54) is 12.1 Å². The van der Waals surface area contributed by atoms with Gasteiger partial charge in [0, 0.05) is 30.3 Å². The zero-order valence-electron chi connectivity index (χ0n) is 14.3. The van der Waals surface area contributed by atoms with Crippen LogP contribution in [0.1, 0.15) is 30.4 Å². The Morgan fingerprint density at radius 2 is 2.04 bits per heavy atom. The van der Waals surface area contributed by atoms with Crippen LogP contribution in [0.4, 0.5) is 4.39 Å². The summed E-state index contributed by atoms with van der Waals surface area (Å²) in [6, 6.07) is 16.4. The third kappa shape index (κ3) is 2.86. The van der Waals surface area contributed by atoms with Crippen LogP contribution in [-0.4, -0.2) is 26.1 Å². The zero-order chi connectivity index (χ0) is 18.1. The molecular formula is C20H19FN4S. The number of hydrogen-bond acceptors (Lipinski definition) is 2. The first-order valence-corrected chi connectivity index (χ1v) is 9.01. The second-order valence-electron chi connectivity index (χ2n) is 6.20. The molecule has 6 heteroatoms. The molecule has 0 amide bonds. The molecule has 2 atom stereocenters. The summed E-state index contributed by atoms with van der Waals surface area (Å²) >= 11 is 5.57. The highest BCUT2D eigenvalue weighted by Crippen LogP contribution is 2.39. The second kappa shape index (κ2) is 6.88. The lowest BCUT2D eigenvalue weighted by molar-refractivity contribution is 0.321. The van der Waals surface area contributed by atoms with Crippen molar-refractivity contribution in [1.82, 2.24) is 19.8 Å². The maximum Gasteiger partial charge on any atom is 0.170 e. The number of likely N-dealkylation sites (N-methyl/N-ethyl adjacent to an activating group) is 1. The van der Waals surface area contributed by atoms with E-state index in [-0.39, 0.29) is 17.9 Å². The maximum absolute atomic E-state index is 13.7. The predicted octanol–water partition coefficient (Wildman–Crippen LogP) is 4.00. The summed E-state index contributed by atoms with van der Waals surface area (Å²) < 4.78 is 15.8. The minimum Gasteiger partial charge on any atom is -0.352 e. The average molecular weight is 366 g/mol. The minimum absolute atomic E-state index is 0.0272. The van der Waals surface area contributed by atoms with Crippen molar-refractivity contribution < 1.29 is 4.39 Å². The molecule has 1 aliphatic rings. The van der Waals surface area contributed by atoms with Gasteiger partial charge in [-0.1, -0.05) is 12.1 Å². The Kier molecular flexibility index (Phi) is 4.42. The van der Waals surface area contributed by atoms with Gasteiger partial charge < -0.3 is 14.8 Å². The van der Waals surface area contributed by atoms with Crippen molar-refractivity contribution in [2.75, 3.05) is 6.54 Å². The molecule has 1 aliphatic heterocycles. The Bertz CT molecular complexity index is 924. The topological polar surface area (TPSA) is 33.1 Å². The first-order chi connectivity index (χ1) is 12.7. The van der Waals surface area contributed by atoms with Gasteiger partial charge in [-0.25, -0.2) is 4.39 Å². The number of halogens is 1. The molecule has 0 unspecified atom stereocenters. The number of rotatable bonds is 4. The van der Waals surface area contributed by atoms with Crippen molar-refractivity contribution in [1.29, 1.82) is 0 Å². The molecule has 0 spiro atoms. The van der Waals surface area contributed by atoms with Crippen LogP contribution >= 0.6 is 12.2 Å². The molecule has 0 radical (unpaired) electrons. The van der Waals surface area contributed by atoms with Crippen molar-refractivity contribution >= 4 is 17.3 Å². The highest BCUT2D eigenvalue weighted by molar-refractivity contribution is 7.80. The molecule has 1 fully saturated rings. The Hall–Kier alpha value is -2.73. The highest BCUT2D eigenvalue weighted by atomic mass is 32.1. The third-order valence-electron chi connectivity index (χ3n) is 4.71. The normalized spacial score (nSPS) is 19.6. The van der Waals surface area contributed by atoms with E-state index in [9.17, 15) is 4.39 Å². The number of aromatic nitrogens is 2. The number of thiocarbonyl (C=S) groups is 1. The summed E-state index contributed by atoms with van der Waals surface area (Å²) in [5.74, 6) is -0.254. The van der Waals surface area contributed by atoms with E-state index in [0.717, 1.165) is 23.6 Å². The zero-order valence-corrected chi connectivity index (χ0v) is 15.2. The quantitative estimate of drug-likeness (QED) is 0.708. The fourth-order valence-electron chi connectivity index (χ4n) is 3.56. The van der Waals surface area contributed by atoms with Crippen LogP contribution in [0.3, 0.4) is 0 Å². The SMILES string of the molecule is CCN1C(=S)N[C@H](c2ccccn2)[C@@H]1c1cccn1-c1cccc(F)c1. The fraction of sp³-hybridized carbons (Fsp3) is 0.200. The largest absolute Gasteiger partial charge is 0.352 e. The molecule has 26 heavy (non-hydrogen) atoms. The molecule has 2 aromatic heterocycles. The lowest BCUT2D eigenvalue weighted by atomic mass is 10.0. The van der Waals surface area contributed by atoms with Gasteiger partial charge in [0.25, 0.3) is 0 Å². The van der Waals surface area contributed by atoms with E-state index in [1.807, 2.05) is 41.1 Å². The van der Waals surface area contributed by atoms with Crippen LogP contribution < -0.4 is 5.32 Å². The first-order valence-electron chi connectivity index (χ1n) is 8.60. The standard InChI is InChI=1S/C20H19FN4S/c1-2-24-19(18(23-20(24)26)16-9-3-4-11-22-16)17-10-6-12-25(17)15-8-5-7-14(21)13-15/h3-13,18-19H,2H2,1H3,(H,23,26)/t18-,19+/m1/s1. The summed E-state index contributed by atoms with van der Waals surface area (Å²) in [7, 11) is 0. The van der Waals surface area contributed by atoms with Gasteiger partial charge in [-0.15, -0.1) is 0 Å². The van der Waals surface area contributed by atoms with E-state index < -0.39 is 0 Å². The summed E-state index contributed by atoms with van der Waals surface area (Å²) in [5, 5.41) is 4.12. The van der Waals surface area contributed by atoms with Gasteiger partial charge in [-0.3, -0.25) is 4.98 Å².